The third-order valence-electron chi connectivity index (χ3n) is 2.87. The minimum absolute atomic E-state index is 0.0785. The Hall–Kier alpha value is -1.59. The maximum Gasteiger partial charge on any atom is 0.340 e. The second kappa shape index (κ2) is 6.91. The Morgan fingerprint density at radius 1 is 1.38 bits per heavy atom. The predicted octanol–water partition coefficient (Wildman–Crippen LogP) is 4.64. The molecule has 0 unspecified atom stereocenters. The van der Waals surface area contributed by atoms with Crippen molar-refractivity contribution < 1.29 is 13.9 Å². The van der Waals surface area contributed by atoms with Crippen LogP contribution in [0, 0.1) is 5.82 Å². The van der Waals surface area contributed by atoms with Crippen LogP contribution in [0.25, 0.3) is 0 Å². The molecule has 0 aliphatic rings. The SMILES string of the molecule is COC(=O)c1ccc(CNc2cccc(Cl)c2Br)cc1F. The van der Waals surface area contributed by atoms with Crippen LogP contribution in [0.3, 0.4) is 0 Å². The minimum atomic E-state index is -0.690. The molecular weight excluding hydrogens is 361 g/mol. The zero-order valence-corrected chi connectivity index (χ0v) is 13.5. The van der Waals surface area contributed by atoms with Crippen LogP contribution in [-0.2, 0) is 11.3 Å². The maximum atomic E-state index is 13.8. The molecule has 2 rings (SSSR count). The molecule has 0 aromatic heterocycles. The minimum Gasteiger partial charge on any atom is -0.465 e. The Labute approximate surface area is 135 Å². The van der Waals surface area contributed by atoms with Crippen molar-refractivity contribution in [3.8, 4) is 0 Å². The summed E-state index contributed by atoms with van der Waals surface area (Å²) in [6.45, 7) is 0.400. The van der Waals surface area contributed by atoms with Crippen molar-refractivity contribution in [2.45, 2.75) is 6.54 Å². The van der Waals surface area contributed by atoms with Gasteiger partial charge in [-0.05, 0) is 45.8 Å². The standard InChI is InChI=1S/C15H12BrClFNO2/c1-21-15(20)10-6-5-9(7-12(10)18)8-19-13-4-2-3-11(17)14(13)16/h2-7,19H,8H2,1H3. The number of carbonyl (C=O) groups is 1. The van der Waals surface area contributed by atoms with Gasteiger partial charge in [-0.15, -0.1) is 0 Å². The highest BCUT2D eigenvalue weighted by molar-refractivity contribution is 9.10. The molecule has 0 heterocycles. The summed E-state index contributed by atoms with van der Waals surface area (Å²) >= 11 is 9.37. The number of rotatable bonds is 4. The lowest BCUT2D eigenvalue weighted by Crippen LogP contribution is -2.06. The molecule has 0 fully saturated rings. The highest BCUT2D eigenvalue weighted by Gasteiger charge is 2.12. The second-order valence-electron chi connectivity index (χ2n) is 4.26. The monoisotopic (exact) mass is 371 g/mol. The first kappa shape index (κ1) is 15.8. The van der Waals surface area contributed by atoms with Crippen molar-refractivity contribution in [2.24, 2.45) is 0 Å². The van der Waals surface area contributed by atoms with Gasteiger partial charge in [0.2, 0.25) is 0 Å². The topological polar surface area (TPSA) is 38.3 Å². The Kier molecular flexibility index (Phi) is 5.20. The number of anilines is 1. The lowest BCUT2D eigenvalue weighted by atomic mass is 10.1. The quantitative estimate of drug-likeness (QED) is 0.795. The fourth-order valence-electron chi connectivity index (χ4n) is 1.78. The molecule has 0 radical (unpaired) electrons. The largest absolute Gasteiger partial charge is 0.465 e. The van der Waals surface area contributed by atoms with E-state index in [1.807, 2.05) is 12.1 Å². The van der Waals surface area contributed by atoms with Gasteiger partial charge >= 0.3 is 5.97 Å². The summed E-state index contributed by atoms with van der Waals surface area (Å²) in [6.07, 6.45) is 0. The van der Waals surface area contributed by atoms with Gasteiger partial charge in [0, 0.05) is 6.54 Å². The van der Waals surface area contributed by atoms with Gasteiger partial charge in [-0.1, -0.05) is 23.7 Å². The molecule has 0 bridgehead atoms. The summed E-state index contributed by atoms with van der Waals surface area (Å²) in [6, 6.07) is 9.82. The van der Waals surface area contributed by atoms with Crippen molar-refractivity contribution in [3.05, 3.63) is 62.8 Å². The number of esters is 1. The molecule has 6 heteroatoms. The van der Waals surface area contributed by atoms with Gasteiger partial charge in [0.15, 0.2) is 0 Å². The first-order chi connectivity index (χ1) is 10.0. The van der Waals surface area contributed by atoms with Crippen LogP contribution in [-0.4, -0.2) is 13.1 Å². The van der Waals surface area contributed by atoms with E-state index >= 15 is 0 Å². The van der Waals surface area contributed by atoms with Gasteiger partial charge in [0.05, 0.1) is 27.9 Å². The van der Waals surface area contributed by atoms with Gasteiger partial charge in [-0.25, -0.2) is 9.18 Å². The number of hydrogen-bond donors (Lipinski definition) is 1. The summed E-state index contributed by atoms with van der Waals surface area (Å²) in [7, 11) is 1.22. The third-order valence-corrected chi connectivity index (χ3v) is 4.27. The van der Waals surface area contributed by atoms with Crippen molar-refractivity contribution in [1.82, 2.24) is 0 Å². The first-order valence-electron chi connectivity index (χ1n) is 6.07. The van der Waals surface area contributed by atoms with E-state index in [-0.39, 0.29) is 5.56 Å². The molecule has 110 valence electrons. The smallest absolute Gasteiger partial charge is 0.340 e. The molecule has 0 aliphatic carbocycles. The van der Waals surface area contributed by atoms with Crippen LogP contribution in [0.1, 0.15) is 15.9 Å². The number of carbonyl (C=O) groups excluding carboxylic acids is 1. The van der Waals surface area contributed by atoms with Crippen LogP contribution < -0.4 is 5.32 Å². The van der Waals surface area contributed by atoms with Gasteiger partial charge < -0.3 is 10.1 Å². The van der Waals surface area contributed by atoms with Gasteiger partial charge in [0.1, 0.15) is 5.82 Å². The van der Waals surface area contributed by atoms with Crippen LogP contribution in [0.2, 0.25) is 5.02 Å². The van der Waals surface area contributed by atoms with Gasteiger partial charge in [0.25, 0.3) is 0 Å². The summed E-state index contributed by atoms with van der Waals surface area (Å²) in [5, 5.41) is 3.74. The van der Waals surface area contributed by atoms with E-state index in [0.29, 0.717) is 17.1 Å². The van der Waals surface area contributed by atoms with Crippen molar-refractivity contribution in [2.75, 3.05) is 12.4 Å². The zero-order valence-electron chi connectivity index (χ0n) is 11.1. The van der Waals surface area contributed by atoms with E-state index in [1.54, 1.807) is 12.1 Å². The van der Waals surface area contributed by atoms with Crippen LogP contribution in [0.5, 0.6) is 0 Å². The molecule has 0 aliphatic heterocycles. The number of methoxy groups -OCH3 is 1. The molecule has 21 heavy (non-hydrogen) atoms. The molecule has 0 spiro atoms. The summed E-state index contributed by atoms with van der Waals surface area (Å²) < 4.78 is 19.0. The number of hydrogen-bond acceptors (Lipinski definition) is 3. The molecule has 0 saturated heterocycles. The number of nitrogens with one attached hydrogen (secondary N) is 1. The van der Waals surface area contributed by atoms with Crippen LogP contribution in [0.4, 0.5) is 10.1 Å². The molecule has 1 N–H and O–H groups in total. The second-order valence-corrected chi connectivity index (χ2v) is 5.46. The van der Waals surface area contributed by atoms with Crippen LogP contribution >= 0.6 is 27.5 Å². The van der Waals surface area contributed by atoms with E-state index in [4.69, 9.17) is 11.6 Å². The summed E-state index contributed by atoms with van der Waals surface area (Å²) in [4.78, 5) is 11.3. The Morgan fingerprint density at radius 2 is 2.14 bits per heavy atom. The maximum absolute atomic E-state index is 13.8. The van der Waals surface area contributed by atoms with Gasteiger partial charge in [-0.3, -0.25) is 0 Å². The number of ether oxygens (including phenoxy) is 1. The van der Waals surface area contributed by atoms with E-state index in [9.17, 15) is 9.18 Å². The third kappa shape index (κ3) is 3.74. The molecule has 3 nitrogen and oxygen atoms in total. The van der Waals surface area contributed by atoms with Crippen molar-refractivity contribution >= 4 is 39.2 Å². The fourth-order valence-corrected chi connectivity index (χ4v) is 2.36. The Morgan fingerprint density at radius 3 is 2.81 bits per heavy atom. The molecule has 0 atom stereocenters. The molecule has 0 saturated carbocycles. The van der Waals surface area contributed by atoms with E-state index in [0.717, 1.165) is 10.2 Å². The predicted molar refractivity (Wildman–Crippen MR) is 84.2 cm³/mol. The summed E-state index contributed by atoms with van der Waals surface area (Å²) in [5.74, 6) is -1.30. The van der Waals surface area contributed by atoms with Crippen LogP contribution in [0.15, 0.2) is 40.9 Å². The molecule has 0 amide bonds. The Balaban J connectivity index is 2.12. The van der Waals surface area contributed by atoms with Gasteiger partial charge in [-0.2, -0.15) is 0 Å². The first-order valence-corrected chi connectivity index (χ1v) is 7.24. The molecule has 2 aromatic carbocycles. The number of halogens is 3. The number of benzene rings is 2. The fraction of sp³-hybridized carbons (Fsp3) is 0.133. The normalized spacial score (nSPS) is 10.3. The highest BCUT2D eigenvalue weighted by atomic mass is 79.9. The lowest BCUT2D eigenvalue weighted by molar-refractivity contribution is 0.0595. The molecule has 2 aromatic rings. The highest BCUT2D eigenvalue weighted by Crippen LogP contribution is 2.30. The van der Waals surface area contributed by atoms with Crippen molar-refractivity contribution in [3.63, 3.8) is 0 Å². The van der Waals surface area contributed by atoms with E-state index in [1.165, 1.54) is 19.2 Å². The van der Waals surface area contributed by atoms with Crippen molar-refractivity contribution in [1.29, 1.82) is 0 Å². The average Bonchev–Trinajstić information content (AvgIpc) is 2.48. The average molecular weight is 373 g/mol. The summed E-state index contributed by atoms with van der Waals surface area (Å²) in [5.41, 5.74) is 1.43. The molecular formula is C15H12BrClFNO2. The van der Waals surface area contributed by atoms with E-state index in [2.05, 4.69) is 26.0 Å². The lowest BCUT2D eigenvalue weighted by Gasteiger charge is -2.10. The van der Waals surface area contributed by atoms with E-state index < -0.39 is 11.8 Å². The Bertz CT molecular complexity index is 679. The zero-order chi connectivity index (χ0) is 15.4.